The summed E-state index contributed by atoms with van der Waals surface area (Å²) in [6.07, 6.45) is 2.76. The lowest BCUT2D eigenvalue weighted by Gasteiger charge is -2.28. The number of halogens is 1. The van der Waals surface area contributed by atoms with Gasteiger partial charge in [-0.15, -0.1) is 5.92 Å². The zero-order valence-corrected chi connectivity index (χ0v) is 19.2. The number of carbonyl (C=O) groups is 2. The molecule has 2 aromatic carbocycles. The Morgan fingerprint density at radius 2 is 1.88 bits per heavy atom. The number of aliphatic hydroxyl groups excluding tert-OH is 1. The number of nitrogens with zero attached hydrogens (tertiary/aromatic N) is 1. The van der Waals surface area contributed by atoms with Gasteiger partial charge in [-0.3, -0.25) is 9.59 Å². The topological polar surface area (TPSA) is 78.9 Å². The number of Topliss-reactive ketones (excluding diaryl/α,β-unsaturated/α-hetero) is 1. The molecule has 2 N–H and O–H groups in total. The third-order valence-electron chi connectivity index (χ3n) is 6.09. The van der Waals surface area contributed by atoms with Gasteiger partial charge in [-0.25, -0.2) is 4.39 Å². The first kappa shape index (κ1) is 23.9. The number of benzene rings is 2. The Bertz CT molecular complexity index is 1100. The summed E-state index contributed by atoms with van der Waals surface area (Å²) in [6.45, 7) is 3.76. The first-order chi connectivity index (χ1) is 16.4. The molecule has 1 heterocycles. The van der Waals surface area contributed by atoms with Crippen LogP contribution in [0.5, 0.6) is 5.75 Å². The number of hydrogen-bond donors (Lipinski definition) is 2. The van der Waals surface area contributed by atoms with Gasteiger partial charge < -0.3 is 20.1 Å². The van der Waals surface area contributed by atoms with Crippen LogP contribution in [0.15, 0.2) is 42.5 Å². The van der Waals surface area contributed by atoms with Crippen LogP contribution < -0.4 is 10.1 Å². The largest absolute Gasteiger partial charge is 0.487 e. The van der Waals surface area contributed by atoms with E-state index in [0.717, 1.165) is 44.3 Å². The van der Waals surface area contributed by atoms with E-state index < -0.39 is 29.7 Å². The number of rotatable bonds is 9. The first-order valence-corrected chi connectivity index (χ1v) is 11.7. The van der Waals surface area contributed by atoms with Gasteiger partial charge in [-0.05, 0) is 87.7 Å². The van der Waals surface area contributed by atoms with Crippen LogP contribution >= 0.6 is 0 Å². The highest BCUT2D eigenvalue weighted by Gasteiger charge is 2.30. The summed E-state index contributed by atoms with van der Waals surface area (Å²) in [5.74, 6) is 3.76. The maximum atomic E-state index is 14.6. The molecular weight excluding hydrogens is 435 g/mol. The van der Waals surface area contributed by atoms with Crippen LogP contribution in [0.25, 0.3) is 0 Å². The fraction of sp³-hybridized carbons (Fsp3) is 0.407. The van der Waals surface area contributed by atoms with Crippen LogP contribution in [-0.2, 0) is 4.79 Å². The second-order valence-corrected chi connectivity index (χ2v) is 8.82. The first-order valence-electron chi connectivity index (χ1n) is 11.7. The Balaban J connectivity index is 1.49. The minimum atomic E-state index is -1.19. The lowest BCUT2D eigenvalue weighted by atomic mass is 10.0. The fourth-order valence-electron chi connectivity index (χ4n) is 4.08. The average molecular weight is 465 g/mol. The summed E-state index contributed by atoms with van der Waals surface area (Å²) in [7, 11) is 0. The molecule has 1 saturated carbocycles. The van der Waals surface area contributed by atoms with Crippen molar-refractivity contribution in [3.05, 3.63) is 65.0 Å². The summed E-state index contributed by atoms with van der Waals surface area (Å²) in [5.41, 5.74) is 1.30. The highest BCUT2D eigenvalue weighted by Crippen LogP contribution is 2.30. The zero-order valence-electron chi connectivity index (χ0n) is 19.2. The molecule has 0 aromatic heterocycles. The van der Waals surface area contributed by atoms with E-state index >= 15 is 0 Å². The summed E-state index contributed by atoms with van der Waals surface area (Å²) in [4.78, 5) is 27.7. The summed E-state index contributed by atoms with van der Waals surface area (Å²) < 4.78 is 20.1. The lowest BCUT2D eigenvalue weighted by molar-refractivity contribution is -0.118. The molecule has 7 heteroatoms. The highest BCUT2D eigenvalue weighted by molar-refractivity contribution is 6.42. The van der Waals surface area contributed by atoms with Gasteiger partial charge >= 0.3 is 0 Å². The number of ether oxygens (including phenoxy) is 1. The Morgan fingerprint density at radius 1 is 1.18 bits per heavy atom. The van der Waals surface area contributed by atoms with E-state index in [4.69, 9.17) is 4.74 Å². The van der Waals surface area contributed by atoms with Crippen LogP contribution in [0.4, 0.5) is 4.39 Å². The SMILES string of the molecule is CC#Cc1ccc(C(=O)C(=O)NC(CN2CCCC2)C(O)c2ccc(OC3CC3)c(F)c2)cc1. The van der Waals surface area contributed by atoms with Crippen LogP contribution in [0.2, 0.25) is 0 Å². The predicted molar refractivity (Wildman–Crippen MR) is 126 cm³/mol. The van der Waals surface area contributed by atoms with Gasteiger partial charge in [0.25, 0.3) is 5.91 Å². The summed E-state index contributed by atoms with van der Waals surface area (Å²) in [5, 5.41) is 13.8. The van der Waals surface area contributed by atoms with E-state index in [0.29, 0.717) is 12.1 Å². The van der Waals surface area contributed by atoms with E-state index in [1.165, 1.54) is 12.1 Å². The van der Waals surface area contributed by atoms with Gasteiger partial charge in [0.15, 0.2) is 11.6 Å². The molecule has 6 nitrogen and oxygen atoms in total. The standard InChI is InChI=1S/C27H29FN2O4/c1-2-5-18-6-8-19(9-7-18)26(32)27(33)29-23(17-30-14-3-4-15-30)25(31)20-10-13-24(22(28)16-20)34-21-11-12-21/h6-10,13,16,21,23,25,31H,3-4,11-12,14-15,17H2,1H3,(H,29,33). The van der Waals surface area contributed by atoms with Crippen LogP contribution in [0.1, 0.15) is 60.2 Å². The number of amides is 1. The number of ketones is 1. The van der Waals surface area contributed by atoms with Crippen LogP contribution in [0.3, 0.4) is 0 Å². The quantitative estimate of drug-likeness (QED) is 0.339. The molecular formula is C27H29FN2O4. The number of carbonyl (C=O) groups excluding carboxylic acids is 2. The third kappa shape index (κ3) is 6.02. The molecule has 178 valence electrons. The van der Waals surface area contributed by atoms with Crippen molar-refractivity contribution in [2.24, 2.45) is 0 Å². The minimum absolute atomic E-state index is 0.0570. The molecule has 1 saturated heterocycles. The van der Waals surface area contributed by atoms with Crippen LogP contribution in [-0.4, -0.2) is 53.5 Å². The van der Waals surface area contributed by atoms with Crippen molar-refractivity contribution in [2.45, 2.75) is 50.9 Å². The highest BCUT2D eigenvalue weighted by atomic mass is 19.1. The van der Waals surface area contributed by atoms with Crippen molar-refractivity contribution in [2.75, 3.05) is 19.6 Å². The Hall–Kier alpha value is -3.21. The molecule has 2 atom stereocenters. The third-order valence-corrected chi connectivity index (χ3v) is 6.09. The van der Waals surface area contributed by atoms with E-state index in [1.54, 1.807) is 37.3 Å². The molecule has 0 spiro atoms. The Labute approximate surface area is 199 Å². The van der Waals surface area contributed by atoms with Crippen molar-refractivity contribution in [1.82, 2.24) is 10.2 Å². The zero-order chi connectivity index (χ0) is 24.1. The smallest absolute Gasteiger partial charge is 0.292 e. The molecule has 0 radical (unpaired) electrons. The van der Waals surface area contributed by atoms with E-state index in [2.05, 4.69) is 22.1 Å². The monoisotopic (exact) mass is 464 g/mol. The number of hydrogen-bond acceptors (Lipinski definition) is 5. The predicted octanol–water partition coefficient (Wildman–Crippen LogP) is 3.24. The van der Waals surface area contributed by atoms with Crippen LogP contribution in [0, 0.1) is 17.7 Å². The normalized spacial score (nSPS) is 17.4. The van der Waals surface area contributed by atoms with Crippen molar-refractivity contribution in [3.8, 4) is 17.6 Å². The molecule has 2 aromatic rings. The van der Waals surface area contributed by atoms with Gasteiger partial charge in [0.1, 0.15) is 6.10 Å². The van der Waals surface area contributed by atoms with E-state index in [-0.39, 0.29) is 17.4 Å². The molecule has 34 heavy (non-hydrogen) atoms. The van der Waals surface area contributed by atoms with Crippen molar-refractivity contribution >= 4 is 11.7 Å². The Morgan fingerprint density at radius 3 is 2.50 bits per heavy atom. The molecule has 2 fully saturated rings. The van der Waals surface area contributed by atoms with Gasteiger partial charge in [0, 0.05) is 17.7 Å². The number of aliphatic hydroxyl groups is 1. The molecule has 2 unspecified atom stereocenters. The molecule has 4 rings (SSSR count). The summed E-state index contributed by atoms with van der Waals surface area (Å²) >= 11 is 0. The summed E-state index contributed by atoms with van der Waals surface area (Å²) in [6, 6.07) is 10.0. The number of nitrogens with one attached hydrogen (secondary N) is 1. The lowest BCUT2D eigenvalue weighted by Crippen LogP contribution is -2.48. The van der Waals surface area contributed by atoms with Gasteiger partial charge in [-0.2, -0.15) is 0 Å². The van der Waals surface area contributed by atoms with E-state index in [9.17, 15) is 19.1 Å². The van der Waals surface area contributed by atoms with Crippen molar-refractivity contribution in [3.63, 3.8) is 0 Å². The second-order valence-electron chi connectivity index (χ2n) is 8.82. The van der Waals surface area contributed by atoms with Gasteiger partial charge in [0.2, 0.25) is 5.78 Å². The van der Waals surface area contributed by atoms with Gasteiger partial charge in [-0.1, -0.05) is 12.0 Å². The second kappa shape index (κ2) is 10.8. The minimum Gasteiger partial charge on any atom is -0.487 e. The molecule has 1 aliphatic heterocycles. The maximum Gasteiger partial charge on any atom is 0.292 e. The number of likely N-dealkylation sites (tertiary alicyclic amines) is 1. The molecule has 1 aliphatic carbocycles. The molecule has 1 amide bonds. The Kier molecular flexibility index (Phi) is 7.61. The average Bonchev–Trinajstić information content (AvgIpc) is 3.51. The molecule has 0 bridgehead atoms. The maximum absolute atomic E-state index is 14.6. The van der Waals surface area contributed by atoms with Gasteiger partial charge in [0.05, 0.1) is 12.1 Å². The fourth-order valence-corrected chi connectivity index (χ4v) is 4.08. The van der Waals surface area contributed by atoms with E-state index in [1.807, 2.05) is 0 Å². The molecule has 2 aliphatic rings. The van der Waals surface area contributed by atoms with Crippen molar-refractivity contribution in [1.29, 1.82) is 0 Å². The van der Waals surface area contributed by atoms with Crippen molar-refractivity contribution < 1.29 is 23.8 Å².